The molecule has 0 atom stereocenters. The van der Waals surface area contributed by atoms with Crippen LogP contribution in [0.3, 0.4) is 0 Å². The number of nitrogens with zero attached hydrogens (tertiary/aromatic N) is 1. The fraction of sp³-hybridized carbons (Fsp3) is 0.278. The molecule has 0 fully saturated rings. The highest BCUT2D eigenvalue weighted by atomic mass is 35.5. The molecule has 0 N–H and O–H groups in total. The van der Waals surface area contributed by atoms with E-state index in [-0.39, 0.29) is 11.7 Å². The van der Waals surface area contributed by atoms with E-state index in [1.54, 1.807) is 24.1 Å². The van der Waals surface area contributed by atoms with Crippen LogP contribution in [0.25, 0.3) is 0 Å². The van der Waals surface area contributed by atoms with Gasteiger partial charge in [0, 0.05) is 18.5 Å². The Morgan fingerprint density at radius 3 is 2.65 bits per heavy atom. The predicted molar refractivity (Wildman–Crippen MR) is 89.3 cm³/mol. The molecule has 2 aromatic carbocycles. The summed E-state index contributed by atoms with van der Waals surface area (Å²) in [6, 6.07) is 13.3. The van der Waals surface area contributed by atoms with Crippen LogP contribution in [0.1, 0.15) is 12.0 Å². The fourth-order valence-electron chi connectivity index (χ4n) is 2.09. The van der Waals surface area contributed by atoms with Crippen molar-refractivity contribution in [3.63, 3.8) is 0 Å². The van der Waals surface area contributed by atoms with Crippen LogP contribution in [-0.4, -0.2) is 31.0 Å². The lowest BCUT2D eigenvalue weighted by molar-refractivity contribution is -0.130. The maximum absolute atomic E-state index is 12.8. The SMILES string of the molecule is CN(CCOc1ccc(F)cc1)C(=O)CCc1cccc(Cl)c1. The first-order chi connectivity index (χ1) is 11.0. The number of aryl methyl sites for hydroxylation is 1. The van der Waals surface area contributed by atoms with Crippen molar-refractivity contribution >= 4 is 17.5 Å². The molecule has 0 saturated heterocycles. The largest absolute Gasteiger partial charge is 0.492 e. The summed E-state index contributed by atoms with van der Waals surface area (Å²) in [4.78, 5) is 13.7. The van der Waals surface area contributed by atoms with Gasteiger partial charge in [-0.2, -0.15) is 0 Å². The number of ether oxygens (including phenoxy) is 1. The molecule has 0 aliphatic rings. The minimum atomic E-state index is -0.300. The Morgan fingerprint density at radius 2 is 1.96 bits per heavy atom. The zero-order chi connectivity index (χ0) is 16.7. The second-order valence-electron chi connectivity index (χ2n) is 5.25. The van der Waals surface area contributed by atoms with Gasteiger partial charge in [0.25, 0.3) is 0 Å². The zero-order valence-corrected chi connectivity index (χ0v) is 13.7. The molecule has 0 radical (unpaired) electrons. The Balaban J connectivity index is 1.71. The maximum atomic E-state index is 12.8. The molecule has 3 nitrogen and oxygen atoms in total. The van der Waals surface area contributed by atoms with Crippen LogP contribution in [0, 0.1) is 5.82 Å². The quantitative estimate of drug-likeness (QED) is 0.766. The first kappa shape index (κ1) is 17.3. The van der Waals surface area contributed by atoms with E-state index in [0.29, 0.717) is 36.8 Å². The minimum Gasteiger partial charge on any atom is -0.492 e. The van der Waals surface area contributed by atoms with Crippen LogP contribution in [-0.2, 0) is 11.2 Å². The molecule has 0 spiro atoms. The van der Waals surface area contributed by atoms with Crippen molar-refractivity contribution in [2.24, 2.45) is 0 Å². The number of halogens is 2. The number of hydrogen-bond donors (Lipinski definition) is 0. The molecule has 0 unspecified atom stereocenters. The van der Waals surface area contributed by atoms with Gasteiger partial charge in [0.2, 0.25) is 5.91 Å². The zero-order valence-electron chi connectivity index (χ0n) is 13.0. The Morgan fingerprint density at radius 1 is 1.22 bits per heavy atom. The molecule has 122 valence electrons. The highest BCUT2D eigenvalue weighted by molar-refractivity contribution is 6.30. The van der Waals surface area contributed by atoms with Crippen LogP contribution in [0.4, 0.5) is 4.39 Å². The Bertz CT molecular complexity index is 646. The van der Waals surface area contributed by atoms with Crippen molar-refractivity contribution < 1.29 is 13.9 Å². The second-order valence-corrected chi connectivity index (χ2v) is 5.68. The van der Waals surface area contributed by atoms with Crippen LogP contribution < -0.4 is 4.74 Å². The van der Waals surface area contributed by atoms with Gasteiger partial charge in [-0.15, -0.1) is 0 Å². The van der Waals surface area contributed by atoms with E-state index >= 15 is 0 Å². The molecular weight excluding hydrogens is 317 g/mol. The van der Waals surface area contributed by atoms with Crippen molar-refractivity contribution in [2.75, 3.05) is 20.2 Å². The Kier molecular flexibility index (Phi) is 6.41. The summed E-state index contributed by atoms with van der Waals surface area (Å²) < 4.78 is 18.3. The van der Waals surface area contributed by atoms with Gasteiger partial charge in [-0.3, -0.25) is 4.79 Å². The number of likely N-dealkylation sites (N-methyl/N-ethyl adjacent to an activating group) is 1. The van der Waals surface area contributed by atoms with Gasteiger partial charge in [0.1, 0.15) is 18.2 Å². The second kappa shape index (κ2) is 8.53. The van der Waals surface area contributed by atoms with E-state index in [1.807, 2.05) is 24.3 Å². The highest BCUT2D eigenvalue weighted by Crippen LogP contribution is 2.13. The third-order valence-electron chi connectivity index (χ3n) is 3.45. The topological polar surface area (TPSA) is 29.5 Å². The normalized spacial score (nSPS) is 10.4. The van der Waals surface area contributed by atoms with Crippen LogP contribution in [0.2, 0.25) is 5.02 Å². The van der Waals surface area contributed by atoms with Crippen molar-refractivity contribution in [1.29, 1.82) is 0 Å². The Labute approximate surface area is 140 Å². The van der Waals surface area contributed by atoms with Crippen molar-refractivity contribution in [3.05, 3.63) is 64.9 Å². The number of amides is 1. The smallest absolute Gasteiger partial charge is 0.222 e. The monoisotopic (exact) mass is 335 g/mol. The molecule has 5 heteroatoms. The van der Waals surface area contributed by atoms with Gasteiger partial charge >= 0.3 is 0 Å². The van der Waals surface area contributed by atoms with E-state index in [2.05, 4.69) is 0 Å². The van der Waals surface area contributed by atoms with Crippen LogP contribution >= 0.6 is 11.6 Å². The van der Waals surface area contributed by atoms with E-state index in [9.17, 15) is 9.18 Å². The number of carbonyl (C=O) groups is 1. The molecule has 2 rings (SSSR count). The summed E-state index contributed by atoms with van der Waals surface area (Å²) in [5.74, 6) is 0.338. The summed E-state index contributed by atoms with van der Waals surface area (Å²) in [6.45, 7) is 0.844. The van der Waals surface area contributed by atoms with Gasteiger partial charge in [-0.05, 0) is 48.4 Å². The molecular formula is C18H19ClFNO2. The Hall–Kier alpha value is -2.07. The van der Waals surface area contributed by atoms with Crippen molar-refractivity contribution in [2.45, 2.75) is 12.8 Å². The lowest BCUT2D eigenvalue weighted by atomic mass is 10.1. The molecule has 0 heterocycles. The molecule has 0 bridgehead atoms. The van der Waals surface area contributed by atoms with E-state index in [4.69, 9.17) is 16.3 Å². The van der Waals surface area contributed by atoms with Gasteiger partial charge in [-0.25, -0.2) is 4.39 Å². The summed E-state index contributed by atoms with van der Waals surface area (Å²) in [7, 11) is 1.74. The van der Waals surface area contributed by atoms with Gasteiger partial charge in [0.05, 0.1) is 6.54 Å². The van der Waals surface area contributed by atoms with Crippen LogP contribution in [0.5, 0.6) is 5.75 Å². The molecule has 0 aliphatic carbocycles. The number of rotatable bonds is 7. The number of hydrogen-bond acceptors (Lipinski definition) is 2. The third kappa shape index (κ3) is 5.91. The third-order valence-corrected chi connectivity index (χ3v) is 3.69. The number of carbonyl (C=O) groups excluding carboxylic acids is 1. The van der Waals surface area contributed by atoms with Gasteiger partial charge < -0.3 is 9.64 Å². The van der Waals surface area contributed by atoms with Crippen molar-refractivity contribution in [1.82, 2.24) is 4.90 Å². The van der Waals surface area contributed by atoms with E-state index in [0.717, 1.165) is 5.56 Å². The number of benzene rings is 2. The minimum absolute atomic E-state index is 0.0488. The summed E-state index contributed by atoms with van der Waals surface area (Å²) in [5.41, 5.74) is 1.04. The molecule has 1 amide bonds. The molecule has 23 heavy (non-hydrogen) atoms. The molecule has 0 aromatic heterocycles. The molecule has 2 aromatic rings. The first-order valence-electron chi connectivity index (χ1n) is 7.41. The lowest BCUT2D eigenvalue weighted by Crippen LogP contribution is -2.31. The fourth-order valence-corrected chi connectivity index (χ4v) is 2.30. The lowest BCUT2D eigenvalue weighted by Gasteiger charge is -2.17. The summed E-state index contributed by atoms with van der Waals surface area (Å²) >= 11 is 5.92. The average molecular weight is 336 g/mol. The van der Waals surface area contributed by atoms with Gasteiger partial charge in [-0.1, -0.05) is 23.7 Å². The van der Waals surface area contributed by atoms with Crippen molar-refractivity contribution in [3.8, 4) is 5.75 Å². The van der Waals surface area contributed by atoms with Crippen LogP contribution in [0.15, 0.2) is 48.5 Å². The average Bonchev–Trinajstić information content (AvgIpc) is 2.54. The maximum Gasteiger partial charge on any atom is 0.222 e. The summed E-state index contributed by atoms with van der Waals surface area (Å²) in [6.07, 6.45) is 1.08. The highest BCUT2D eigenvalue weighted by Gasteiger charge is 2.09. The summed E-state index contributed by atoms with van der Waals surface area (Å²) in [5, 5.41) is 0.677. The molecule has 0 saturated carbocycles. The van der Waals surface area contributed by atoms with Gasteiger partial charge in [0.15, 0.2) is 0 Å². The first-order valence-corrected chi connectivity index (χ1v) is 7.79. The molecule has 0 aliphatic heterocycles. The standard InChI is InChI=1S/C18H19ClFNO2/c1-21(11-12-23-17-8-6-16(20)7-9-17)18(22)10-5-14-3-2-4-15(19)13-14/h2-4,6-9,13H,5,10-12H2,1H3. The van der Waals surface area contributed by atoms with E-state index < -0.39 is 0 Å². The van der Waals surface area contributed by atoms with E-state index in [1.165, 1.54) is 12.1 Å². The predicted octanol–water partition coefficient (Wildman–Crippen LogP) is 3.95.